The zero-order valence-electron chi connectivity index (χ0n) is 15.6. The third kappa shape index (κ3) is 6.45. The van der Waals surface area contributed by atoms with Crippen molar-refractivity contribution in [3.8, 4) is 5.75 Å². The van der Waals surface area contributed by atoms with Gasteiger partial charge < -0.3 is 19.9 Å². The van der Waals surface area contributed by atoms with Crippen molar-refractivity contribution in [2.45, 2.75) is 53.3 Å². The molecule has 25 heavy (non-hydrogen) atoms. The Morgan fingerprint density at radius 3 is 2.64 bits per heavy atom. The van der Waals surface area contributed by atoms with Crippen LogP contribution in [0.5, 0.6) is 5.75 Å². The quantitative estimate of drug-likeness (QED) is 0.619. The number of aliphatic imine (C=N–C) groups is 1. The van der Waals surface area contributed by atoms with Crippen molar-refractivity contribution in [3.63, 3.8) is 0 Å². The fraction of sp³-hybridized carbons (Fsp3) is 0.500. The molecule has 1 aromatic heterocycles. The molecular weight excluding hydrogens is 318 g/mol. The SMILES string of the molecule is CCNC(=NCc1ccccc1OC(C)(C)C)NCc1noc(C)n1. The summed E-state index contributed by atoms with van der Waals surface area (Å²) in [5.41, 5.74) is 0.781. The summed E-state index contributed by atoms with van der Waals surface area (Å²) in [6.45, 7) is 11.6. The Hall–Kier alpha value is -2.57. The Morgan fingerprint density at radius 2 is 2.00 bits per heavy atom. The van der Waals surface area contributed by atoms with Crippen LogP contribution in [0.25, 0.3) is 0 Å². The molecule has 0 spiro atoms. The summed E-state index contributed by atoms with van der Waals surface area (Å²) in [6, 6.07) is 7.95. The average molecular weight is 345 g/mol. The van der Waals surface area contributed by atoms with Gasteiger partial charge in [0.2, 0.25) is 5.89 Å². The molecule has 0 aliphatic carbocycles. The van der Waals surface area contributed by atoms with Crippen molar-refractivity contribution in [1.29, 1.82) is 0 Å². The van der Waals surface area contributed by atoms with E-state index in [1.54, 1.807) is 6.92 Å². The van der Waals surface area contributed by atoms with E-state index in [0.717, 1.165) is 17.9 Å². The van der Waals surface area contributed by atoms with Gasteiger partial charge in [0, 0.05) is 19.0 Å². The summed E-state index contributed by atoms with van der Waals surface area (Å²) in [6.07, 6.45) is 0. The Labute approximate surface area is 148 Å². The van der Waals surface area contributed by atoms with E-state index in [9.17, 15) is 0 Å². The molecule has 136 valence electrons. The predicted octanol–water partition coefficient (Wildman–Crippen LogP) is 2.81. The molecule has 0 radical (unpaired) electrons. The number of aromatic nitrogens is 2. The van der Waals surface area contributed by atoms with Crippen LogP contribution >= 0.6 is 0 Å². The molecular formula is C18H27N5O2. The van der Waals surface area contributed by atoms with Gasteiger partial charge in [-0.05, 0) is 33.8 Å². The molecule has 2 rings (SSSR count). The zero-order valence-corrected chi connectivity index (χ0v) is 15.6. The standard InChI is InChI=1S/C18H27N5O2/c1-6-19-17(21-12-16-22-13(2)25-23-16)20-11-14-9-7-8-10-15(14)24-18(3,4)5/h7-10H,6,11-12H2,1-5H3,(H2,19,20,21). The lowest BCUT2D eigenvalue weighted by molar-refractivity contribution is 0.129. The smallest absolute Gasteiger partial charge is 0.223 e. The molecule has 0 unspecified atom stereocenters. The summed E-state index contributed by atoms with van der Waals surface area (Å²) >= 11 is 0. The largest absolute Gasteiger partial charge is 0.488 e. The average Bonchev–Trinajstić information content (AvgIpc) is 2.95. The Kier molecular flexibility index (Phi) is 6.38. The molecule has 0 fully saturated rings. The first kappa shape index (κ1) is 18.8. The second kappa shape index (κ2) is 8.50. The van der Waals surface area contributed by atoms with Crippen molar-refractivity contribution in [2.24, 2.45) is 4.99 Å². The van der Waals surface area contributed by atoms with Crippen LogP contribution in [0.2, 0.25) is 0 Å². The third-order valence-corrected chi connectivity index (χ3v) is 3.12. The third-order valence-electron chi connectivity index (χ3n) is 3.12. The minimum Gasteiger partial charge on any atom is -0.488 e. The zero-order chi connectivity index (χ0) is 18.3. The topological polar surface area (TPSA) is 84.6 Å². The molecule has 0 amide bonds. The van der Waals surface area contributed by atoms with Crippen LogP contribution < -0.4 is 15.4 Å². The Morgan fingerprint density at radius 1 is 1.24 bits per heavy atom. The minimum absolute atomic E-state index is 0.251. The summed E-state index contributed by atoms with van der Waals surface area (Å²) < 4.78 is 11.0. The summed E-state index contributed by atoms with van der Waals surface area (Å²) in [5.74, 6) is 2.69. The second-order valence-electron chi connectivity index (χ2n) is 6.60. The summed E-state index contributed by atoms with van der Waals surface area (Å²) in [4.78, 5) is 8.80. The first-order chi connectivity index (χ1) is 11.9. The van der Waals surface area contributed by atoms with Crippen molar-refractivity contribution in [3.05, 3.63) is 41.5 Å². The molecule has 0 aliphatic rings. The van der Waals surface area contributed by atoms with Crippen LogP contribution in [-0.4, -0.2) is 28.2 Å². The highest BCUT2D eigenvalue weighted by atomic mass is 16.5. The highest BCUT2D eigenvalue weighted by Gasteiger charge is 2.14. The highest BCUT2D eigenvalue weighted by molar-refractivity contribution is 5.79. The Bertz CT molecular complexity index is 703. The van der Waals surface area contributed by atoms with Gasteiger partial charge >= 0.3 is 0 Å². The van der Waals surface area contributed by atoms with E-state index in [-0.39, 0.29) is 5.60 Å². The number of nitrogens with one attached hydrogen (secondary N) is 2. The summed E-state index contributed by atoms with van der Waals surface area (Å²) in [7, 11) is 0. The number of rotatable bonds is 6. The number of aryl methyl sites for hydroxylation is 1. The first-order valence-corrected chi connectivity index (χ1v) is 8.45. The summed E-state index contributed by atoms with van der Waals surface area (Å²) in [5, 5.41) is 10.3. The molecule has 7 nitrogen and oxygen atoms in total. The van der Waals surface area contributed by atoms with Gasteiger partial charge in [0.05, 0.1) is 13.1 Å². The molecule has 0 saturated carbocycles. The van der Waals surface area contributed by atoms with E-state index in [4.69, 9.17) is 9.26 Å². The number of guanidine groups is 1. The van der Waals surface area contributed by atoms with E-state index in [1.807, 2.05) is 52.0 Å². The maximum absolute atomic E-state index is 6.01. The van der Waals surface area contributed by atoms with E-state index in [2.05, 4.69) is 25.8 Å². The number of hydrogen-bond acceptors (Lipinski definition) is 5. The molecule has 0 aliphatic heterocycles. The van der Waals surface area contributed by atoms with Crippen molar-refractivity contribution in [1.82, 2.24) is 20.8 Å². The fourth-order valence-corrected chi connectivity index (χ4v) is 2.15. The van der Waals surface area contributed by atoms with Crippen molar-refractivity contribution < 1.29 is 9.26 Å². The number of nitrogens with zero attached hydrogens (tertiary/aromatic N) is 3. The molecule has 2 aromatic rings. The number of benzene rings is 1. The maximum Gasteiger partial charge on any atom is 0.223 e. The lowest BCUT2D eigenvalue weighted by Gasteiger charge is -2.23. The second-order valence-corrected chi connectivity index (χ2v) is 6.60. The minimum atomic E-state index is -0.251. The lowest BCUT2D eigenvalue weighted by Crippen LogP contribution is -2.37. The van der Waals surface area contributed by atoms with E-state index in [1.165, 1.54) is 0 Å². The normalized spacial score (nSPS) is 12.1. The molecule has 0 saturated heterocycles. The molecule has 1 aromatic carbocycles. The van der Waals surface area contributed by atoms with E-state index >= 15 is 0 Å². The number of para-hydroxylation sites is 1. The van der Waals surface area contributed by atoms with Gasteiger partial charge in [-0.25, -0.2) is 4.99 Å². The molecule has 7 heteroatoms. The van der Waals surface area contributed by atoms with Gasteiger partial charge in [-0.2, -0.15) is 4.98 Å². The van der Waals surface area contributed by atoms with Crippen LogP contribution in [0, 0.1) is 6.92 Å². The van der Waals surface area contributed by atoms with Gasteiger partial charge in [0.1, 0.15) is 11.4 Å². The molecule has 0 bridgehead atoms. The van der Waals surface area contributed by atoms with Crippen LogP contribution in [0.1, 0.15) is 45.0 Å². The van der Waals surface area contributed by atoms with Gasteiger partial charge in [0.25, 0.3) is 0 Å². The van der Waals surface area contributed by atoms with E-state index in [0.29, 0.717) is 30.8 Å². The maximum atomic E-state index is 6.01. The van der Waals surface area contributed by atoms with Gasteiger partial charge in [-0.3, -0.25) is 0 Å². The monoisotopic (exact) mass is 345 g/mol. The van der Waals surface area contributed by atoms with Crippen molar-refractivity contribution >= 4 is 5.96 Å². The Balaban J connectivity index is 2.05. The highest BCUT2D eigenvalue weighted by Crippen LogP contribution is 2.23. The van der Waals surface area contributed by atoms with Gasteiger partial charge in [-0.15, -0.1) is 0 Å². The molecule has 1 heterocycles. The van der Waals surface area contributed by atoms with Crippen LogP contribution in [-0.2, 0) is 13.1 Å². The number of hydrogen-bond donors (Lipinski definition) is 2. The van der Waals surface area contributed by atoms with Gasteiger partial charge in [-0.1, -0.05) is 23.4 Å². The molecule has 0 atom stereocenters. The van der Waals surface area contributed by atoms with E-state index < -0.39 is 0 Å². The fourth-order valence-electron chi connectivity index (χ4n) is 2.15. The lowest BCUT2D eigenvalue weighted by atomic mass is 10.1. The van der Waals surface area contributed by atoms with Crippen LogP contribution in [0.3, 0.4) is 0 Å². The van der Waals surface area contributed by atoms with Crippen molar-refractivity contribution in [2.75, 3.05) is 6.54 Å². The van der Waals surface area contributed by atoms with Crippen LogP contribution in [0.4, 0.5) is 0 Å². The predicted molar refractivity (Wildman–Crippen MR) is 97.5 cm³/mol. The van der Waals surface area contributed by atoms with Crippen LogP contribution in [0.15, 0.2) is 33.8 Å². The number of ether oxygens (including phenoxy) is 1. The molecule has 2 N–H and O–H groups in total. The first-order valence-electron chi connectivity index (χ1n) is 8.45. The van der Waals surface area contributed by atoms with Gasteiger partial charge in [0.15, 0.2) is 11.8 Å².